The van der Waals surface area contributed by atoms with Gasteiger partial charge in [0.25, 0.3) is 0 Å². The molecule has 0 aliphatic heterocycles. The molecular weight excluding hydrogens is 323 g/mol. The lowest BCUT2D eigenvalue weighted by Gasteiger charge is -2.14. The predicted molar refractivity (Wildman–Crippen MR) is 73.0 cm³/mol. The van der Waals surface area contributed by atoms with Crippen molar-refractivity contribution in [1.29, 1.82) is 0 Å². The summed E-state index contributed by atoms with van der Waals surface area (Å²) in [7, 11) is 0. The molecule has 7 heteroatoms. The van der Waals surface area contributed by atoms with Gasteiger partial charge in [-0.2, -0.15) is 0 Å². The van der Waals surface area contributed by atoms with E-state index in [1.807, 2.05) is 0 Å². The lowest BCUT2D eigenvalue weighted by molar-refractivity contribution is -0.139. The van der Waals surface area contributed by atoms with E-state index in [1.54, 1.807) is 25.1 Å². The number of urea groups is 1. The zero-order chi connectivity index (χ0) is 13.7. The van der Waals surface area contributed by atoms with Crippen molar-refractivity contribution in [2.45, 2.75) is 19.4 Å². The number of hydrogen-bond acceptors (Lipinski definition) is 2. The van der Waals surface area contributed by atoms with Gasteiger partial charge >= 0.3 is 12.0 Å². The minimum atomic E-state index is -1.08. The van der Waals surface area contributed by atoms with Crippen LogP contribution < -0.4 is 10.6 Å². The molecule has 0 heterocycles. The number of aliphatic carboxylic acids is 1. The number of carboxylic acids is 1. The number of hydrogen-bond donors (Lipinski definition) is 3. The molecule has 0 aliphatic carbocycles. The summed E-state index contributed by atoms with van der Waals surface area (Å²) >= 11 is 9.14. The van der Waals surface area contributed by atoms with Gasteiger partial charge in [-0.15, -0.1) is 0 Å². The maximum atomic E-state index is 11.6. The molecule has 3 N–H and O–H groups in total. The Kier molecular flexibility index (Phi) is 5.43. The Hall–Kier alpha value is -1.27. The number of carbonyl (C=O) groups is 2. The van der Waals surface area contributed by atoms with Gasteiger partial charge in [0.05, 0.1) is 10.7 Å². The second kappa shape index (κ2) is 6.61. The second-order valence-corrected chi connectivity index (χ2v) is 4.84. The van der Waals surface area contributed by atoms with Gasteiger partial charge < -0.3 is 15.7 Å². The van der Waals surface area contributed by atoms with Gasteiger partial charge in [-0.05, 0) is 24.6 Å². The van der Waals surface area contributed by atoms with Crippen LogP contribution in [0.15, 0.2) is 22.7 Å². The number of rotatable bonds is 4. The zero-order valence-electron chi connectivity index (χ0n) is 9.54. The van der Waals surface area contributed by atoms with E-state index >= 15 is 0 Å². The van der Waals surface area contributed by atoms with Gasteiger partial charge in [0, 0.05) is 4.47 Å². The van der Waals surface area contributed by atoms with Crippen molar-refractivity contribution in [3.8, 4) is 0 Å². The Bertz CT molecular complexity index is 468. The standard InChI is InChI=1S/C11H12BrClN2O3/c1-2-8(10(16)17)14-11(18)15-9-5-6(12)3-4-7(9)13/h3-5,8H,2H2,1H3,(H,16,17)(H2,14,15,18)/t8-/m1/s1. The first-order chi connectivity index (χ1) is 8.43. The number of nitrogens with one attached hydrogen (secondary N) is 2. The molecule has 0 saturated carbocycles. The summed E-state index contributed by atoms with van der Waals surface area (Å²) in [4.78, 5) is 22.4. The lowest BCUT2D eigenvalue weighted by atomic mass is 10.2. The van der Waals surface area contributed by atoms with Crippen molar-refractivity contribution in [1.82, 2.24) is 5.32 Å². The van der Waals surface area contributed by atoms with Crippen LogP contribution in [0.25, 0.3) is 0 Å². The molecule has 18 heavy (non-hydrogen) atoms. The predicted octanol–water partition coefficient (Wildman–Crippen LogP) is 3.09. The molecule has 5 nitrogen and oxygen atoms in total. The fraction of sp³-hybridized carbons (Fsp3) is 0.273. The van der Waals surface area contributed by atoms with Crippen molar-refractivity contribution < 1.29 is 14.7 Å². The second-order valence-electron chi connectivity index (χ2n) is 3.52. The minimum Gasteiger partial charge on any atom is -0.480 e. The average molecular weight is 336 g/mol. The Morgan fingerprint density at radius 1 is 1.50 bits per heavy atom. The molecule has 0 radical (unpaired) electrons. The van der Waals surface area contributed by atoms with Crippen molar-refractivity contribution in [2.75, 3.05) is 5.32 Å². The molecule has 1 atom stereocenters. The summed E-state index contributed by atoms with van der Waals surface area (Å²) in [6.07, 6.45) is 0.301. The Labute approximate surface area is 118 Å². The van der Waals surface area contributed by atoms with E-state index in [-0.39, 0.29) is 0 Å². The van der Waals surface area contributed by atoms with Crippen molar-refractivity contribution in [2.24, 2.45) is 0 Å². The Balaban J connectivity index is 2.70. The third kappa shape index (κ3) is 4.19. The van der Waals surface area contributed by atoms with Crippen LogP contribution in [-0.2, 0) is 4.79 Å². The fourth-order valence-electron chi connectivity index (χ4n) is 1.25. The van der Waals surface area contributed by atoms with E-state index in [0.717, 1.165) is 4.47 Å². The minimum absolute atomic E-state index is 0.301. The Morgan fingerprint density at radius 3 is 2.72 bits per heavy atom. The summed E-state index contributed by atoms with van der Waals surface area (Å²) in [5.74, 6) is -1.08. The highest BCUT2D eigenvalue weighted by atomic mass is 79.9. The largest absolute Gasteiger partial charge is 0.480 e. The van der Waals surface area contributed by atoms with E-state index in [2.05, 4.69) is 26.6 Å². The first-order valence-electron chi connectivity index (χ1n) is 5.19. The molecule has 0 unspecified atom stereocenters. The third-order valence-corrected chi connectivity index (χ3v) is 3.01. The molecule has 0 aromatic heterocycles. The molecule has 1 rings (SSSR count). The molecule has 1 aromatic carbocycles. The molecule has 0 saturated heterocycles. The van der Waals surface area contributed by atoms with Gasteiger partial charge in [-0.3, -0.25) is 0 Å². The summed E-state index contributed by atoms with van der Waals surface area (Å²) in [5, 5.41) is 14.0. The first kappa shape index (κ1) is 14.8. The van der Waals surface area contributed by atoms with Crippen molar-refractivity contribution >= 4 is 45.2 Å². The molecule has 2 amide bonds. The molecule has 1 aromatic rings. The highest BCUT2D eigenvalue weighted by molar-refractivity contribution is 9.10. The van der Waals surface area contributed by atoms with Crippen LogP contribution in [0, 0.1) is 0 Å². The number of halogens is 2. The van der Waals surface area contributed by atoms with Gasteiger partial charge in [0.1, 0.15) is 6.04 Å². The number of anilines is 1. The van der Waals surface area contributed by atoms with Gasteiger partial charge in [-0.1, -0.05) is 34.5 Å². The maximum Gasteiger partial charge on any atom is 0.326 e. The molecule has 0 aliphatic rings. The number of carbonyl (C=O) groups excluding carboxylic acids is 1. The quantitative estimate of drug-likeness (QED) is 0.791. The van der Waals surface area contributed by atoms with Crippen LogP contribution in [-0.4, -0.2) is 23.1 Å². The maximum absolute atomic E-state index is 11.6. The fourth-order valence-corrected chi connectivity index (χ4v) is 1.77. The number of carboxylic acid groups (broad SMARTS) is 1. The summed E-state index contributed by atoms with van der Waals surface area (Å²) in [6, 6.07) is 3.46. The van der Waals surface area contributed by atoms with Crippen LogP contribution in [0.1, 0.15) is 13.3 Å². The lowest BCUT2D eigenvalue weighted by Crippen LogP contribution is -2.42. The summed E-state index contributed by atoms with van der Waals surface area (Å²) in [6.45, 7) is 1.67. The van der Waals surface area contributed by atoms with E-state index in [4.69, 9.17) is 16.7 Å². The van der Waals surface area contributed by atoms with E-state index in [0.29, 0.717) is 17.1 Å². The van der Waals surface area contributed by atoms with Crippen LogP contribution >= 0.6 is 27.5 Å². The van der Waals surface area contributed by atoms with Crippen LogP contribution in [0.2, 0.25) is 5.02 Å². The Morgan fingerprint density at radius 2 is 2.17 bits per heavy atom. The van der Waals surface area contributed by atoms with Gasteiger partial charge in [0.2, 0.25) is 0 Å². The van der Waals surface area contributed by atoms with Gasteiger partial charge in [0.15, 0.2) is 0 Å². The number of benzene rings is 1. The van der Waals surface area contributed by atoms with E-state index in [1.165, 1.54) is 0 Å². The van der Waals surface area contributed by atoms with Gasteiger partial charge in [-0.25, -0.2) is 9.59 Å². The number of amides is 2. The van der Waals surface area contributed by atoms with E-state index < -0.39 is 18.0 Å². The zero-order valence-corrected chi connectivity index (χ0v) is 11.9. The first-order valence-corrected chi connectivity index (χ1v) is 6.36. The van der Waals surface area contributed by atoms with Crippen LogP contribution in [0.5, 0.6) is 0 Å². The summed E-state index contributed by atoms with van der Waals surface area (Å²) in [5.41, 5.74) is 0.406. The van der Waals surface area contributed by atoms with E-state index in [9.17, 15) is 9.59 Å². The topological polar surface area (TPSA) is 78.4 Å². The third-order valence-electron chi connectivity index (χ3n) is 2.19. The summed E-state index contributed by atoms with van der Waals surface area (Å²) < 4.78 is 0.757. The van der Waals surface area contributed by atoms with Crippen molar-refractivity contribution in [3.63, 3.8) is 0 Å². The average Bonchev–Trinajstić information content (AvgIpc) is 2.30. The highest BCUT2D eigenvalue weighted by Crippen LogP contribution is 2.25. The van der Waals surface area contributed by atoms with Crippen LogP contribution in [0.4, 0.5) is 10.5 Å². The smallest absolute Gasteiger partial charge is 0.326 e. The SMILES string of the molecule is CC[C@@H](NC(=O)Nc1cc(Br)ccc1Cl)C(=O)O. The normalized spacial score (nSPS) is 11.7. The van der Waals surface area contributed by atoms with Crippen LogP contribution in [0.3, 0.4) is 0 Å². The molecule has 0 bridgehead atoms. The van der Waals surface area contributed by atoms with Crippen molar-refractivity contribution in [3.05, 3.63) is 27.7 Å². The monoisotopic (exact) mass is 334 g/mol. The molecule has 0 fully saturated rings. The molecule has 98 valence electrons. The highest BCUT2D eigenvalue weighted by Gasteiger charge is 2.17. The molecular formula is C11H12BrClN2O3. The molecule has 0 spiro atoms.